The number of hydrazine groups is 1. The van der Waals surface area contributed by atoms with Gasteiger partial charge in [0.05, 0.1) is 0 Å². The highest BCUT2D eigenvalue weighted by Gasteiger charge is 2.01. The van der Waals surface area contributed by atoms with Gasteiger partial charge >= 0.3 is 0 Å². The summed E-state index contributed by atoms with van der Waals surface area (Å²) >= 11 is 0. The van der Waals surface area contributed by atoms with E-state index in [0.717, 1.165) is 11.5 Å². The molecule has 17 heavy (non-hydrogen) atoms. The van der Waals surface area contributed by atoms with Crippen LogP contribution in [-0.4, -0.2) is 9.97 Å². The molecule has 0 saturated carbocycles. The molecule has 0 saturated heterocycles. The maximum atomic E-state index is 5.34. The fourth-order valence-electron chi connectivity index (χ4n) is 1.58. The lowest BCUT2D eigenvalue weighted by Gasteiger charge is -2.08. The Labute approximate surface area is 100 Å². The Hall–Kier alpha value is -2.14. The first-order valence-electron chi connectivity index (χ1n) is 5.33. The number of rotatable bonds is 3. The minimum Gasteiger partial charge on any atom is -0.340 e. The molecule has 0 aliphatic rings. The van der Waals surface area contributed by atoms with E-state index in [1.54, 1.807) is 6.07 Å². The third kappa shape index (κ3) is 2.92. The van der Waals surface area contributed by atoms with E-state index in [9.17, 15) is 0 Å². The summed E-state index contributed by atoms with van der Waals surface area (Å²) < 4.78 is 0. The molecule has 0 aliphatic heterocycles. The molecule has 2 aromatic rings. The number of nitrogens with one attached hydrogen (secondary N) is 2. The van der Waals surface area contributed by atoms with E-state index in [4.69, 9.17) is 5.84 Å². The maximum Gasteiger partial charge on any atom is 0.145 e. The molecule has 88 valence electrons. The van der Waals surface area contributed by atoms with Crippen LogP contribution in [0.3, 0.4) is 0 Å². The number of anilines is 3. The fraction of sp³-hybridized carbons (Fsp3) is 0.167. The lowest BCUT2D eigenvalue weighted by molar-refractivity contribution is 1.05. The highest BCUT2D eigenvalue weighted by atomic mass is 15.3. The van der Waals surface area contributed by atoms with E-state index in [1.165, 1.54) is 5.56 Å². The Morgan fingerprint density at radius 1 is 1.06 bits per heavy atom. The topological polar surface area (TPSA) is 75.9 Å². The Morgan fingerprint density at radius 3 is 2.53 bits per heavy atom. The van der Waals surface area contributed by atoms with Gasteiger partial charge in [0.1, 0.15) is 17.5 Å². The molecular formula is C12H15N5. The highest BCUT2D eigenvalue weighted by Crippen LogP contribution is 2.17. The predicted octanol–water partition coefficient (Wildman–Crippen LogP) is 2.12. The minimum atomic E-state index is 0.590. The smallest absolute Gasteiger partial charge is 0.145 e. The summed E-state index contributed by atoms with van der Waals surface area (Å²) in [6, 6.07) is 9.83. The number of aromatic nitrogens is 2. The van der Waals surface area contributed by atoms with E-state index in [1.807, 2.05) is 38.1 Å². The lowest BCUT2D eigenvalue weighted by Crippen LogP contribution is -2.10. The van der Waals surface area contributed by atoms with Gasteiger partial charge in [-0.15, -0.1) is 0 Å². The van der Waals surface area contributed by atoms with Gasteiger partial charge < -0.3 is 10.7 Å². The lowest BCUT2D eigenvalue weighted by atomic mass is 10.2. The molecule has 0 unspecified atom stereocenters. The third-order valence-corrected chi connectivity index (χ3v) is 2.28. The molecule has 2 rings (SSSR count). The zero-order valence-corrected chi connectivity index (χ0v) is 9.86. The molecule has 0 aliphatic carbocycles. The summed E-state index contributed by atoms with van der Waals surface area (Å²) in [6.45, 7) is 3.87. The van der Waals surface area contributed by atoms with Gasteiger partial charge in [-0.25, -0.2) is 15.8 Å². The largest absolute Gasteiger partial charge is 0.340 e. The standard InChI is InChI=1S/C12H15N5/c1-8-4-3-5-10(6-8)16-11-7-12(17-13)15-9(2)14-11/h3-7H,13H2,1-2H3,(H2,14,15,16,17). The molecule has 0 radical (unpaired) electrons. The van der Waals surface area contributed by atoms with Gasteiger partial charge in [-0.05, 0) is 31.5 Å². The Morgan fingerprint density at radius 2 is 1.82 bits per heavy atom. The predicted molar refractivity (Wildman–Crippen MR) is 69.0 cm³/mol. The molecule has 0 atom stereocenters. The second-order valence-electron chi connectivity index (χ2n) is 3.82. The molecule has 0 spiro atoms. The van der Waals surface area contributed by atoms with Crippen LogP contribution in [0.25, 0.3) is 0 Å². The average molecular weight is 229 g/mol. The molecule has 1 heterocycles. The van der Waals surface area contributed by atoms with Crippen LogP contribution in [-0.2, 0) is 0 Å². The van der Waals surface area contributed by atoms with E-state index in [0.29, 0.717) is 11.6 Å². The van der Waals surface area contributed by atoms with Crippen LogP contribution in [0.4, 0.5) is 17.3 Å². The zero-order chi connectivity index (χ0) is 12.3. The van der Waals surface area contributed by atoms with E-state index in [2.05, 4.69) is 20.7 Å². The van der Waals surface area contributed by atoms with Crippen molar-refractivity contribution in [3.05, 3.63) is 41.7 Å². The molecular weight excluding hydrogens is 214 g/mol. The molecule has 0 amide bonds. The second-order valence-corrected chi connectivity index (χ2v) is 3.82. The second kappa shape index (κ2) is 4.80. The van der Waals surface area contributed by atoms with Crippen molar-refractivity contribution in [3.63, 3.8) is 0 Å². The Balaban J connectivity index is 2.26. The normalized spacial score (nSPS) is 10.1. The van der Waals surface area contributed by atoms with Crippen molar-refractivity contribution in [1.82, 2.24) is 9.97 Å². The highest BCUT2D eigenvalue weighted by molar-refractivity contribution is 5.59. The van der Waals surface area contributed by atoms with E-state index < -0.39 is 0 Å². The minimum absolute atomic E-state index is 0.590. The van der Waals surface area contributed by atoms with Crippen LogP contribution in [0.15, 0.2) is 30.3 Å². The zero-order valence-electron chi connectivity index (χ0n) is 9.86. The van der Waals surface area contributed by atoms with Crippen LogP contribution in [0.1, 0.15) is 11.4 Å². The number of hydrogen-bond acceptors (Lipinski definition) is 5. The van der Waals surface area contributed by atoms with Crippen molar-refractivity contribution >= 4 is 17.3 Å². The van der Waals surface area contributed by atoms with Crippen molar-refractivity contribution in [1.29, 1.82) is 0 Å². The number of nitrogens with two attached hydrogens (primary N) is 1. The van der Waals surface area contributed by atoms with Crippen molar-refractivity contribution in [2.24, 2.45) is 5.84 Å². The molecule has 0 bridgehead atoms. The van der Waals surface area contributed by atoms with Crippen LogP contribution in [0.5, 0.6) is 0 Å². The number of benzene rings is 1. The van der Waals surface area contributed by atoms with Gasteiger partial charge in [-0.3, -0.25) is 0 Å². The Bertz CT molecular complexity index is 524. The number of nitrogen functional groups attached to an aromatic ring is 1. The third-order valence-electron chi connectivity index (χ3n) is 2.28. The van der Waals surface area contributed by atoms with Crippen LogP contribution >= 0.6 is 0 Å². The van der Waals surface area contributed by atoms with E-state index in [-0.39, 0.29) is 0 Å². The summed E-state index contributed by atoms with van der Waals surface area (Å²) in [4.78, 5) is 8.41. The average Bonchev–Trinajstić information content (AvgIpc) is 2.28. The van der Waals surface area contributed by atoms with Crippen molar-refractivity contribution < 1.29 is 0 Å². The van der Waals surface area contributed by atoms with Gasteiger partial charge in [0.25, 0.3) is 0 Å². The molecule has 1 aromatic carbocycles. The quantitative estimate of drug-likeness (QED) is 0.555. The van der Waals surface area contributed by atoms with Crippen LogP contribution in [0, 0.1) is 13.8 Å². The van der Waals surface area contributed by atoms with Gasteiger partial charge in [0.15, 0.2) is 0 Å². The first-order valence-corrected chi connectivity index (χ1v) is 5.33. The SMILES string of the molecule is Cc1cccc(Nc2cc(NN)nc(C)n2)c1. The number of nitrogens with zero attached hydrogens (tertiary/aromatic N) is 2. The molecule has 5 heteroatoms. The van der Waals surface area contributed by atoms with Crippen molar-refractivity contribution in [2.75, 3.05) is 10.7 Å². The number of aryl methyl sites for hydroxylation is 2. The number of hydrogen-bond donors (Lipinski definition) is 3. The first-order chi connectivity index (χ1) is 8.17. The maximum absolute atomic E-state index is 5.34. The summed E-state index contributed by atoms with van der Waals surface area (Å²) in [7, 11) is 0. The molecule has 1 aromatic heterocycles. The summed E-state index contributed by atoms with van der Waals surface area (Å²) in [5.74, 6) is 7.31. The monoisotopic (exact) mass is 229 g/mol. The molecule has 4 N–H and O–H groups in total. The molecule has 0 fully saturated rings. The van der Waals surface area contributed by atoms with Crippen LogP contribution in [0.2, 0.25) is 0 Å². The summed E-state index contributed by atoms with van der Waals surface area (Å²) in [6.07, 6.45) is 0. The summed E-state index contributed by atoms with van der Waals surface area (Å²) in [5.41, 5.74) is 4.70. The van der Waals surface area contributed by atoms with Gasteiger partial charge in [-0.1, -0.05) is 12.1 Å². The van der Waals surface area contributed by atoms with Crippen LogP contribution < -0.4 is 16.6 Å². The Kier molecular flexibility index (Phi) is 3.20. The first kappa shape index (κ1) is 11.3. The summed E-state index contributed by atoms with van der Waals surface area (Å²) in [5, 5.41) is 3.21. The van der Waals surface area contributed by atoms with Crippen molar-refractivity contribution in [2.45, 2.75) is 13.8 Å². The van der Waals surface area contributed by atoms with Gasteiger partial charge in [0, 0.05) is 11.8 Å². The van der Waals surface area contributed by atoms with E-state index >= 15 is 0 Å². The van der Waals surface area contributed by atoms with Gasteiger partial charge in [-0.2, -0.15) is 0 Å². The van der Waals surface area contributed by atoms with Gasteiger partial charge in [0.2, 0.25) is 0 Å². The van der Waals surface area contributed by atoms with Crippen molar-refractivity contribution in [3.8, 4) is 0 Å². The molecule has 5 nitrogen and oxygen atoms in total. The fourth-order valence-corrected chi connectivity index (χ4v) is 1.58.